The van der Waals surface area contributed by atoms with Crippen LogP contribution in [-0.4, -0.2) is 0 Å². The number of nitrogens with one attached hydrogen (secondary N) is 1. The van der Waals surface area contributed by atoms with Crippen LogP contribution >= 0.6 is 23.2 Å². The van der Waals surface area contributed by atoms with Gasteiger partial charge in [-0.25, -0.2) is 0 Å². The summed E-state index contributed by atoms with van der Waals surface area (Å²) in [6.07, 6.45) is 5.72. The predicted octanol–water partition coefficient (Wildman–Crippen LogP) is 6.44. The molecule has 1 nitrogen and oxygen atoms in total. The molecule has 2 aliphatic rings. The van der Waals surface area contributed by atoms with Gasteiger partial charge in [0.2, 0.25) is 0 Å². The van der Waals surface area contributed by atoms with E-state index >= 15 is 0 Å². The molecule has 0 saturated carbocycles. The fourth-order valence-electron chi connectivity index (χ4n) is 4.14. The minimum atomic E-state index is 0.190. The van der Waals surface area contributed by atoms with Crippen LogP contribution in [-0.2, 0) is 0 Å². The molecule has 0 amide bonds. The first kappa shape index (κ1) is 15.1. The molecule has 0 radical (unpaired) electrons. The van der Waals surface area contributed by atoms with E-state index in [-0.39, 0.29) is 6.04 Å². The highest BCUT2D eigenvalue weighted by atomic mass is 35.5. The Kier molecular flexibility index (Phi) is 3.66. The summed E-state index contributed by atoms with van der Waals surface area (Å²) in [6.45, 7) is 4.34. The molecule has 1 aliphatic heterocycles. The second-order valence-corrected chi connectivity index (χ2v) is 7.45. The first-order valence-corrected chi connectivity index (χ1v) is 8.80. The molecule has 0 aromatic heterocycles. The van der Waals surface area contributed by atoms with E-state index < -0.39 is 0 Å². The summed E-state index contributed by atoms with van der Waals surface area (Å²) in [5.74, 6) is 0.935. The number of benzene rings is 2. The highest BCUT2D eigenvalue weighted by Crippen LogP contribution is 2.52. The second kappa shape index (κ2) is 5.58. The summed E-state index contributed by atoms with van der Waals surface area (Å²) in [4.78, 5) is 0. The lowest BCUT2D eigenvalue weighted by Gasteiger charge is -2.39. The zero-order chi connectivity index (χ0) is 16.1. The summed E-state index contributed by atoms with van der Waals surface area (Å²) < 4.78 is 0. The molecule has 2 aromatic carbocycles. The van der Waals surface area contributed by atoms with E-state index in [0.717, 1.165) is 12.0 Å². The lowest BCUT2D eigenvalue weighted by molar-refractivity contribution is 0.425. The summed E-state index contributed by atoms with van der Waals surface area (Å²) in [6, 6.07) is 10.7. The number of halogens is 2. The van der Waals surface area contributed by atoms with Crippen molar-refractivity contribution in [3.05, 3.63) is 74.8 Å². The summed E-state index contributed by atoms with van der Waals surface area (Å²) >= 11 is 12.8. The van der Waals surface area contributed by atoms with Crippen LogP contribution in [0.2, 0.25) is 10.0 Å². The van der Waals surface area contributed by atoms with Gasteiger partial charge in [0.1, 0.15) is 0 Å². The Labute approximate surface area is 147 Å². The van der Waals surface area contributed by atoms with Crippen molar-refractivity contribution in [2.45, 2.75) is 32.2 Å². The van der Waals surface area contributed by atoms with Gasteiger partial charge >= 0.3 is 0 Å². The number of hydrogen-bond donors (Lipinski definition) is 1. The number of rotatable bonds is 1. The molecule has 0 saturated heterocycles. The Bertz CT molecular complexity index is 810. The Balaban J connectivity index is 1.86. The Hall–Kier alpha value is -1.44. The van der Waals surface area contributed by atoms with E-state index in [1.807, 2.05) is 12.1 Å². The SMILES string of the molecule is Cc1cc(C)c2c(c1)[C@@H]1C=CC[C@@H]1[C@@H](c1cccc(Cl)c1Cl)N2. The van der Waals surface area contributed by atoms with E-state index in [2.05, 4.69) is 49.5 Å². The Morgan fingerprint density at radius 2 is 1.91 bits per heavy atom. The number of fused-ring (bicyclic) bond motifs is 3. The molecule has 0 unspecified atom stereocenters. The minimum Gasteiger partial charge on any atom is -0.377 e. The van der Waals surface area contributed by atoms with Crippen LogP contribution in [0.5, 0.6) is 0 Å². The minimum absolute atomic E-state index is 0.190. The lowest BCUT2D eigenvalue weighted by Crippen LogP contribution is -2.30. The molecular formula is C20H19Cl2N. The van der Waals surface area contributed by atoms with Crippen molar-refractivity contribution in [2.24, 2.45) is 5.92 Å². The number of allylic oxidation sites excluding steroid dienone is 2. The van der Waals surface area contributed by atoms with Gasteiger partial charge in [-0.3, -0.25) is 0 Å². The van der Waals surface area contributed by atoms with Crippen molar-refractivity contribution in [3.63, 3.8) is 0 Å². The first-order valence-electron chi connectivity index (χ1n) is 8.04. The fraction of sp³-hybridized carbons (Fsp3) is 0.300. The molecule has 0 fully saturated rings. The second-order valence-electron chi connectivity index (χ2n) is 6.66. The van der Waals surface area contributed by atoms with Gasteiger partial charge < -0.3 is 5.32 Å². The third-order valence-electron chi connectivity index (χ3n) is 5.13. The van der Waals surface area contributed by atoms with Crippen LogP contribution in [0, 0.1) is 19.8 Å². The van der Waals surface area contributed by atoms with Crippen molar-refractivity contribution < 1.29 is 0 Å². The van der Waals surface area contributed by atoms with Gasteiger partial charge in [-0.05, 0) is 48.9 Å². The molecule has 23 heavy (non-hydrogen) atoms. The van der Waals surface area contributed by atoms with Gasteiger partial charge in [0.15, 0.2) is 0 Å². The van der Waals surface area contributed by atoms with Gasteiger partial charge in [-0.2, -0.15) is 0 Å². The largest absolute Gasteiger partial charge is 0.377 e. The van der Waals surface area contributed by atoms with Crippen LogP contribution in [0.3, 0.4) is 0 Å². The van der Waals surface area contributed by atoms with Crippen molar-refractivity contribution in [2.75, 3.05) is 5.32 Å². The highest BCUT2D eigenvalue weighted by molar-refractivity contribution is 6.42. The molecule has 3 atom stereocenters. The molecule has 1 N–H and O–H groups in total. The van der Waals surface area contributed by atoms with E-state index in [1.165, 1.54) is 22.4 Å². The molecule has 2 aromatic rings. The Morgan fingerprint density at radius 1 is 1.09 bits per heavy atom. The molecule has 118 valence electrons. The average molecular weight is 344 g/mol. The van der Waals surface area contributed by atoms with Crippen LogP contribution in [0.15, 0.2) is 42.5 Å². The van der Waals surface area contributed by atoms with Gasteiger partial charge in [0.25, 0.3) is 0 Å². The quantitative estimate of drug-likeness (QED) is 0.587. The van der Waals surface area contributed by atoms with Crippen LogP contribution in [0.25, 0.3) is 0 Å². The Morgan fingerprint density at radius 3 is 2.74 bits per heavy atom. The lowest BCUT2D eigenvalue weighted by atomic mass is 9.76. The van der Waals surface area contributed by atoms with Crippen molar-refractivity contribution >= 4 is 28.9 Å². The molecule has 0 bridgehead atoms. The molecule has 0 spiro atoms. The summed E-state index contributed by atoms with van der Waals surface area (Å²) in [7, 11) is 0. The van der Waals surface area contributed by atoms with Crippen LogP contribution < -0.4 is 5.32 Å². The monoisotopic (exact) mass is 343 g/mol. The molecule has 4 rings (SSSR count). The predicted molar refractivity (Wildman–Crippen MR) is 98.7 cm³/mol. The van der Waals surface area contributed by atoms with Crippen LogP contribution in [0.4, 0.5) is 5.69 Å². The third-order valence-corrected chi connectivity index (χ3v) is 5.96. The van der Waals surface area contributed by atoms with Crippen LogP contribution in [0.1, 0.15) is 40.6 Å². The molecule has 1 heterocycles. The summed E-state index contributed by atoms with van der Waals surface area (Å²) in [5.41, 5.74) is 6.38. The molecule has 3 heteroatoms. The topological polar surface area (TPSA) is 12.0 Å². The van der Waals surface area contributed by atoms with E-state index in [9.17, 15) is 0 Å². The molecule has 1 aliphatic carbocycles. The maximum Gasteiger partial charge on any atom is 0.0645 e. The van der Waals surface area contributed by atoms with Gasteiger partial charge in [0.05, 0.1) is 16.1 Å². The number of anilines is 1. The van der Waals surface area contributed by atoms with Crippen molar-refractivity contribution in [3.8, 4) is 0 Å². The average Bonchev–Trinajstić information content (AvgIpc) is 3.00. The van der Waals surface area contributed by atoms with Gasteiger partial charge in [-0.15, -0.1) is 0 Å². The number of aryl methyl sites for hydroxylation is 2. The zero-order valence-electron chi connectivity index (χ0n) is 13.2. The van der Waals surface area contributed by atoms with E-state index in [4.69, 9.17) is 23.2 Å². The van der Waals surface area contributed by atoms with E-state index in [0.29, 0.717) is 21.9 Å². The third kappa shape index (κ3) is 2.38. The van der Waals surface area contributed by atoms with Gasteiger partial charge in [-0.1, -0.05) is 65.2 Å². The molecular weight excluding hydrogens is 325 g/mol. The zero-order valence-corrected chi connectivity index (χ0v) is 14.7. The summed E-state index contributed by atoms with van der Waals surface area (Å²) in [5, 5.41) is 5.06. The smallest absolute Gasteiger partial charge is 0.0645 e. The number of hydrogen-bond acceptors (Lipinski definition) is 1. The van der Waals surface area contributed by atoms with Crippen molar-refractivity contribution in [1.29, 1.82) is 0 Å². The van der Waals surface area contributed by atoms with Crippen molar-refractivity contribution in [1.82, 2.24) is 0 Å². The van der Waals surface area contributed by atoms with Gasteiger partial charge in [0, 0.05) is 11.6 Å². The maximum absolute atomic E-state index is 6.52. The first-order chi connectivity index (χ1) is 11.1. The fourth-order valence-corrected chi connectivity index (χ4v) is 4.57. The standard InChI is InChI=1S/C20H19Cl2N/c1-11-9-12(2)19-16(10-11)13-5-3-6-14(13)20(23-19)15-7-4-8-17(21)18(15)22/h3-5,7-10,13-14,20,23H,6H2,1-2H3/t13-,14+,20+/m1/s1. The highest BCUT2D eigenvalue weighted by Gasteiger charge is 2.39. The normalized spacial score (nSPS) is 25.0. The maximum atomic E-state index is 6.52. The van der Waals surface area contributed by atoms with E-state index in [1.54, 1.807) is 0 Å².